The van der Waals surface area contributed by atoms with Crippen LogP contribution in [0.3, 0.4) is 0 Å². The summed E-state index contributed by atoms with van der Waals surface area (Å²) >= 11 is 0. The highest BCUT2D eigenvalue weighted by molar-refractivity contribution is 5.94. The summed E-state index contributed by atoms with van der Waals surface area (Å²) in [6.45, 7) is 3.92. The zero-order valence-corrected chi connectivity index (χ0v) is 19.7. The van der Waals surface area contributed by atoms with Crippen molar-refractivity contribution < 1.29 is 29.4 Å². The average molecular weight is 475 g/mol. The summed E-state index contributed by atoms with van der Waals surface area (Å²) in [6.07, 6.45) is 3.08. The Morgan fingerprint density at radius 3 is 1.55 bits per heavy atom. The van der Waals surface area contributed by atoms with E-state index in [9.17, 15) is 24.3 Å². The molecule has 0 bridgehead atoms. The topological polar surface area (TPSA) is 223 Å². The number of aliphatic hydroxyl groups is 1. The highest BCUT2D eigenvalue weighted by atomic mass is 16.4. The van der Waals surface area contributed by atoms with Crippen molar-refractivity contribution in [3.05, 3.63) is 0 Å². The molecule has 0 aromatic rings. The summed E-state index contributed by atoms with van der Waals surface area (Å²) < 4.78 is 0. The lowest BCUT2D eigenvalue weighted by atomic mass is 10.0. The summed E-state index contributed by atoms with van der Waals surface area (Å²) in [6, 6.07) is -4.27. The van der Waals surface area contributed by atoms with Gasteiger partial charge in [0.25, 0.3) is 0 Å². The van der Waals surface area contributed by atoms with Gasteiger partial charge in [-0.15, -0.1) is 0 Å². The number of aliphatic carboxylic acids is 1. The minimum Gasteiger partial charge on any atom is -0.480 e. The van der Waals surface area contributed by atoms with Crippen LogP contribution in [0.2, 0.25) is 0 Å². The van der Waals surface area contributed by atoms with E-state index < -0.39 is 54.5 Å². The van der Waals surface area contributed by atoms with Gasteiger partial charge < -0.3 is 43.4 Å². The van der Waals surface area contributed by atoms with Gasteiger partial charge in [-0.2, -0.15) is 0 Å². The Kier molecular flexibility index (Phi) is 16.0. The first-order valence-electron chi connectivity index (χ1n) is 11.5. The number of carboxylic acid groups (broad SMARTS) is 1. The quantitative estimate of drug-likeness (QED) is 0.104. The van der Waals surface area contributed by atoms with Crippen molar-refractivity contribution in [2.45, 2.75) is 83.0 Å². The van der Waals surface area contributed by atoms with Crippen LogP contribution in [-0.4, -0.2) is 77.8 Å². The van der Waals surface area contributed by atoms with Crippen LogP contribution in [0.4, 0.5) is 0 Å². The van der Waals surface area contributed by atoms with Crippen LogP contribution in [0.1, 0.15) is 58.8 Å². The van der Waals surface area contributed by atoms with Gasteiger partial charge in [0.1, 0.15) is 24.2 Å². The Hall–Kier alpha value is -2.28. The maximum absolute atomic E-state index is 12.9. The molecule has 4 unspecified atom stereocenters. The normalized spacial score (nSPS) is 14.8. The molecule has 12 heteroatoms. The molecule has 0 radical (unpaired) electrons. The molecule has 4 atom stereocenters. The minimum atomic E-state index is -1.19. The molecule has 0 aromatic carbocycles. The number of carbonyl (C=O) groups is 4. The van der Waals surface area contributed by atoms with Gasteiger partial charge in [-0.3, -0.25) is 14.4 Å². The van der Waals surface area contributed by atoms with E-state index in [1.165, 1.54) is 0 Å². The lowest BCUT2D eigenvalue weighted by Gasteiger charge is -2.25. The highest BCUT2D eigenvalue weighted by Crippen LogP contribution is 2.09. The van der Waals surface area contributed by atoms with E-state index in [1.807, 2.05) is 13.8 Å². The SMILES string of the molecule is CC(C)CC(NC(=O)C(CCCCN)NC(=O)C(CCCCN)NC(=O)C(N)CO)C(=O)O. The number of carbonyl (C=O) groups excluding carboxylic acids is 3. The minimum absolute atomic E-state index is 0.0366. The summed E-state index contributed by atoms with van der Waals surface area (Å²) in [5, 5.41) is 26.1. The second-order valence-corrected chi connectivity index (χ2v) is 8.51. The summed E-state index contributed by atoms with van der Waals surface area (Å²) in [4.78, 5) is 49.5. The predicted molar refractivity (Wildman–Crippen MR) is 124 cm³/mol. The maximum Gasteiger partial charge on any atom is 0.326 e. The molecule has 0 rings (SSSR count). The fourth-order valence-electron chi connectivity index (χ4n) is 3.12. The number of aliphatic hydroxyl groups excluding tert-OH is 1. The van der Waals surface area contributed by atoms with Gasteiger partial charge in [0.2, 0.25) is 17.7 Å². The molecule has 0 aliphatic heterocycles. The van der Waals surface area contributed by atoms with Crippen molar-refractivity contribution in [3.8, 4) is 0 Å². The standard InChI is InChI=1S/C21H42N6O6/c1-13(2)11-17(21(32)33)27-20(31)16(8-4-6-10-23)26-19(30)15(7-3-5-9-22)25-18(29)14(24)12-28/h13-17,28H,3-12,22-24H2,1-2H3,(H,25,29)(H,26,30)(H,27,31)(H,32,33). The molecule has 0 saturated carbocycles. The third-order valence-electron chi connectivity index (χ3n) is 5.01. The van der Waals surface area contributed by atoms with Crippen LogP contribution >= 0.6 is 0 Å². The van der Waals surface area contributed by atoms with Crippen LogP contribution in [0, 0.1) is 5.92 Å². The van der Waals surface area contributed by atoms with Gasteiger partial charge in [-0.05, 0) is 64.0 Å². The Morgan fingerprint density at radius 1 is 0.758 bits per heavy atom. The molecular weight excluding hydrogens is 432 g/mol. The summed E-state index contributed by atoms with van der Waals surface area (Å²) in [5.41, 5.74) is 16.6. The van der Waals surface area contributed by atoms with Crippen molar-refractivity contribution in [2.24, 2.45) is 23.1 Å². The lowest BCUT2D eigenvalue weighted by Crippen LogP contribution is -2.57. The average Bonchev–Trinajstić information content (AvgIpc) is 2.76. The summed E-state index contributed by atoms with van der Waals surface area (Å²) in [7, 11) is 0. The van der Waals surface area contributed by atoms with Gasteiger partial charge in [0.05, 0.1) is 6.61 Å². The van der Waals surface area contributed by atoms with Crippen LogP contribution in [0.5, 0.6) is 0 Å². The van der Waals surface area contributed by atoms with Gasteiger partial charge in [-0.25, -0.2) is 4.79 Å². The molecule has 12 nitrogen and oxygen atoms in total. The van der Waals surface area contributed by atoms with Gasteiger partial charge >= 0.3 is 5.97 Å². The monoisotopic (exact) mass is 474 g/mol. The van der Waals surface area contributed by atoms with Gasteiger partial charge in [-0.1, -0.05) is 13.8 Å². The Morgan fingerprint density at radius 2 is 1.18 bits per heavy atom. The summed E-state index contributed by atoms with van der Waals surface area (Å²) in [5.74, 6) is -3.04. The number of rotatable bonds is 18. The first-order chi connectivity index (χ1) is 15.6. The highest BCUT2D eigenvalue weighted by Gasteiger charge is 2.30. The zero-order chi connectivity index (χ0) is 25.4. The Balaban J connectivity index is 5.45. The first kappa shape index (κ1) is 30.7. The number of unbranched alkanes of at least 4 members (excludes halogenated alkanes) is 2. The number of amides is 3. The molecule has 0 saturated heterocycles. The van der Waals surface area contributed by atoms with Crippen molar-refractivity contribution in [1.29, 1.82) is 0 Å². The molecule has 0 heterocycles. The van der Waals surface area contributed by atoms with Crippen molar-refractivity contribution in [1.82, 2.24) is 16.0 Å². The molecule has 11 N–H and O–H groups in total. The second-order valence-electron chi connectivity index (χ2n) is 8.51. The molecular formula is C21H42N6O6. The van der Waals surface area contributed by atoms with E-state index in [4.69, 9.17) is 22.3 Å². The fourth-order valence-corrected chi connectivity index (χ4v) is 3.12. The zero-order valence-electron chi connectivity index (χ0n) is 19.7. The fraction of sp³-hybridized carbons (Fsp3) is 0.810. The van der Waals surface area contributed by atoms with Crippen LogP contribution in [0.25, 0.3) is 0 Å². The maximum atomic E-state index is 12.9. The Labute approximate surface area is 195 Å². The molecule has 0 aliphatic rings. The molecule has 0 aliphatic carbocycles. The lowest BCUT2D eigenvalue weighted by molar-refractivity contribution is -0.142. The number of nitrogens with one attached hydrogen (secondary N) is 3. The molecule has 192 valence electrons. The van der Waals surface area contributed by atoms with Crippen LogP contribution in [0.15, 0.2) is 0 Å². The van der Waals surface area contributed by atoms with Crippen LogP contribution < -0.4 is 33.2 Å². The molecule has 3 amide bonds. The molecule has 0 aromatic heterocycles. The number of hydrogen-bond donors (Lipinski definition) is 8. The van der Waals surface area contributed by atoms with Crippen molar-refractivity contribution in [2.75, 3.05) is 19.7 Å². The number of nitrogens with two attached hydrogens (primary N) is 3. The van der Waals surface area contributed by atoms with Gasteiger partial charge in [0.15, 0.2) is 0 Å². The van der Waals surface area contributed by atoms with E-state index in [0.29, 0.717) is 38.8 Å². The van der Waals surface area contributed by atoms with E-state index >= 15 is 0 Å². The Bertz CT molecular complexity index is 618. The largest absolute Gasteiger partial charge is 0.480 e. The van der Waals surface area contributed by atoms with E-state index in [2.05, 4.69) is 16.0 Å². The molecule has 33 heavy (non-hydrogen) atoms. The smallest absolute Gasteiger partial charge is 0.326 e. The first-order valence-corrected chi connectivity index (χ1v) is 11.5. The third-order valence-corrected chi connectivity index (χ3v) is 5.01. The van der Waals surface area contributed by atoms with E-state index in [0.717, 1.165) is 0 Å². The van der Waals surface area contributed by atoms with Crippen LogP contribution in [-0.2, 0) is 19.2 Å². The molecule has 0 fully saturated rings. The second kappa shape index (κ2) is 17.2. The van der Waals surface area contributed by atoms with E-state index in [-0.39, 0.29) is 25.2 Å². The number of hydrogen-bond acceptors (Lipinski definition) is 8. The predicted octanol–water partition coefficient (Wildman–Crippen LogP) is -1.85. The van der Waals surface area contributed by atoms with Crippen molar-refractivity contribution in [3.63, 3.8) is 0 Å². The number of carboxylic acids is 1. The van der Waals surface area contributed by atoms with E-state index in [1.54, 1.807) is 0 Å². The molecule has 0 spiro atoms. The third kappa shape index (κ3) is 13.1. The van der Waals surface area contributed by atoms with Crippen molar-refractivity contribution >= 4 is 23.7 Å². The van der Waals surface area contributed by atoms with Gasteiger partial charge in [0, 0.05) is 0 Å².